The van der Waals surface area contributed by atoms with Crippen molar-refractivity contribution in [2.24, 2.45) is 0 Å². The lowest BCUT2D eigenvalue weighted by atomic mass is 9.86. The van der Waals surface area contributed by atoms with Crippen LogP contribution >= 0.6 is 0 Å². The highest BCUT2D eigenvalue weighted by Gasteiger charge is 2.48. The molecule has 6 nitrogen and oxygen atoms in total. The summed E-state index contributed by atoms with van der Waals surface area (Å²) in [5.74, 6) is 0.790. The summed E-state index contributed by atoms with van der Waals surface area (Å²) < 4.78 is 39.1. The Balaban J connectivity index is 2.30. The van der Waals surface area contributed by atoms with Crippen molar-refractivity contribution in [3.63, 3.8) is 0 Å². The fraction of sp³-hybridized carbons (Fsp3) is 0.600. The fourth-order valence-electron chi connectivity index (χ4n) is 4.77. The summed E-state index contributed by atoms with van der Waals surface area (Å²) in [5.41, 5.74) is 0.587. The van der Waals surface area contributed by atoms with E-state index in [0.29, 0.717) is 43.1 Å². The van der Waals surface area contributed by atoms with Crippen LogP contribution in [0.15, 0.2) is 40.8 Å². The van der Waals surface area contributed by atoms with Crippen molar-refractivity contribution >= 4 is 9.84 Å². The Morgan fingerprint density at radius 3 is 2.34 bits per heavy atom. The third-order valence-electron chi connectivity index (χ3n) is 6.49. The first-order valence-electron chi connectivity index (χ1n) is 11.8. The lowest BCUT2D eigenvalue weighted by Gasteiger charge is -2.42. The average Bonchev–Trinajstić information content (AvgIpc) is 2.85. The lowest BCUT2D eigenvalue weighted by Crippen LogP contribution is -2.51. The topological polar surface area (TPSA) is 76.1 Å². The van der Waals surface area contributed by atoms with Gasteiger partial charge in [0.2, 0.25) is 0 Å². The second-order valence-corrected chi connectivity index (χ2v) is 10.5. The van der Waals surface area contributed by atoms with Gasteiger partial charge >= 0.3 is 0 Å². The molecule has 0 spiro atoms. The van der Waals surface area contributed by atoms with E-state index in [1.807, 2.05) is 26.8 Å². The Labute approximate surface area is 192 Å². The van der Waals surface area contributed by atoms with E-state index in [1.54, 1.807) is 12.1 Å². The maximum atomic E-state index is 13.8. The van der Waals surface area contributed by atoms with Crippen molar-refractivity contribution in [3.05, 3.63) is 41.5 Å². The summed E-state index contributed by atoms with van der Waals surface area (Å²) in [7, 11) is -3.69. The molecule has 32 heavy (non-hydrogen) atoms. The van der Waals surface area contributed by atoms with Gasteiger partial charge in [-0.25, -0.2) is 8.42 Å². The molecule has 0 radical (unpaired) electrons. The maximum absolute atomic E-state index is 13.8. The Bertz CT molecular complexity index is 969. The molecule has 0 fully saturated rings. The summed E-state index contributed by atoms with van der Waals surface area (Å²) in [6.07, 6.45) is 10.9. The van der Waals surface area contributed by atoms with Gasteiger partial charge in [-0.1, -0.05) is 44.9 Å². The van der Waals surface area contributed by atoms with E-state index >= 15 is 0 Å². The second kappa shape index (κ2) is 10.4. The van der Waals surface area contributed by atoms with Crippen molar-refractivity contribution < 1.29 is 23.1 Å². The van der Waals surface area contributed by atoms with Crippen LogP contribution in [0, 0.1) is 0 Å². The van der Waals surface area contributed by atoms with E-state index in [4.69, 9.17) is 9.47 Å². The van der Waals surface area contributed by atoms with Crippen molar-refractivity contribution in [2.75, 3.05) is 19.0 Å². The molecule has 1 aliphatic heterocycles. The molecule has 7 heteroatoms. The van der Waals surface area contributed by atoms with Gasteiger partial charge < -0.3 is 14.7 Å². The molecule has 1 aromatic carbocycles. The zero-order chi connectivity index (χ0) is 23.4. The van der Waals surface area contributed by atoms with Crippen LogP contribution in [-0.2, 0) is 9.84 Å². The van der Waals surface area contributed by atoms with Gasteiger partial charge in [0.05, 0.1) is 35.4 Å². The predicted octanol–water partition coefficient (Wildman–Crippen LogP) is 5.62. The minimum Gasteiger partial charge on any atom is -0.490 e. The van der Waals surface area contributed by atoms with Crippen molar-refractivity contribution in [1.29, 1.82) is 0 Å². The minimum atomic E-state index is -3.69. The number of nitrogens with zero attached hydrogens (tertiary/aromatic N) is 1. The van der Waals surface area contributed by atoms with Crippen molar-refractivity contribution in [2.45, 2.75) is 82.7 Å². The summed E-state index contributed by atoms with van der Waals surface area (Å²) in [6, 6.07) is 2.76. The zero-order valence-electron chi connectivity index (χ0n) is 19.8. The summed E-state index contributed by atoms with van der Waals surface area (Å²) >= 11 is 0. The Kier molecular flexibility index (Phi) is 8.06. The van der Waals surface area contributed by atoms with E-state index < -0.39 is 21.4 Å². The van der Waals surface area contributed by atoms with Crippen LogP contribution in [0.25, 0.3) is 0 Å². The second-order valence-electron chi connectivity index (χ2n) is 8.57. The third-order valence-corrected chi connectivity index (χ3v) is 8.43. The van der Waals surface area contributed by atoms with Gasteiger partial charge in [-0.2, -0.15) is 5.06 Å². The van der Waals surface area contributed by atoms with Gasteiger partial charge in [0, 0.05) is 6.07 Å². The monoisotopic (exact) mass is 463 g/mol. The van der Waals surface area contributed by atoms with E-state index in [0.717, 1.165) is 31.3 Å². The van der Waals surface area contributed by atoms with Crippen LogP contribution in [0.2, 0.25) is 0 Å². The Hall–Kier alpha value is -1.83. The maximum Gasteiger partial charge on any atom is 0.180 e. The standard InChI is InChI=1S/C25H37NO5S/c1-5-9-15-25(6-2)18-32(28,29)23-17-22(31-8-4)21(30-7-3)16-20(23)24(26(25)27)19-13-11-10-12-14-19/h11,13-14,16-17,24,27H,5-10,12,15,18H2,1-4H3. The number of ether oxygens (including phenoxy) is 2. The largest absolute Gasteiger partial charge is 0.490 e. The first kappa shape index (κ1) is 24.8. The molecule has 0 saturated carbocycles. The SMILES string of the molecule is CCCCC1(CC)CS(=O)(=O)c2cc(OCC)c(OCC)cc2C(C2=CCCC=C2)N1O. The molecule has 3 rings (SSSR count). The number of sulfone groups is 1. The summed E-state index contributed by atoms with van der Waals surface area (Å²) in [4.78, 5) is 0.222. The fourth-order valence-corrected chi connectivity index (χ4v) is 6.93. The number of hydrogen-bond acceptors (Lipinski definition) is 6. The van der Waals surface area contributed by atoms with Gasteiger partial charge in [-0.3, -0.25) is 0 Å². The minimum absolute atomic E-state index is 0.132. The quantitative estimate of drug-likeness (QED) is 0.512. The molecular weight excluding hydrogens is 426 g/mol. The number of hydroxylamine groups is 2. The molecule has 1 heterocycles. The number of unbranched alkanes of at least 4 members (excludes halogenated alkanes) is 1. The highest BCUT2D eigenvalue weighted by atomic mass is 32.2. The Morgan fingerprint density at radius 1 is 1.09 bits per heavy atom. The van der Waals surface area contributed by atoms with Crippen LogP contribution in [0.4, 0.5) is 0 Å². The molecule has 1 N–H and O–H groups in total. The normalized spacial score (nSPS) is 25.0. The molecule has 178 valence electrons. The van der Waals surface area contributed by atoms with Crippen molar-refractivity contribution in [3.8, 4) is 11.5 Å². The van der Waals surface area contributed by atoms with E-state index in [2.05, 4.69) is 19.1 Å². The Morgan fingerprint density at radius 2 is 1.78 bits per heavy atom. The summed E-state index contributed by atoms with van der Waals surface area (Å²) in [6.45, 7) is 8.61. The average molecular weight is 464 g/mol. The number of fused-ring (bicyclic) bond motifs is 1. The van der Waals surface area contributed by atoms with Gasteiger partial charge in [0.25, 0.3) is 0 Å². The van der Waals surface area contributed by atoms with Gasteiger partial charge in [-0.05, 0) is 56.7 Å². The molecule has 0 aromatic heterocycles. The molecule has 2 aliphatic rings. The molecule has 1 aromatic rings. The summed E-state index contributed by atoms with van der Waals surface area (Å²) in [5, 5.41) is 13.1. The van der Waals surface area contributed by atoms with E-state index in [-0.39, 0.29) is 10.6 Å². The number of allylic oxidation sites excluding steroid dienone is 2. The zero-order valence-corrected chi connectivity index (χ0v) is 20.6. The highest BCUT2D eigenvalue weighted by molar-refractivity contribution is 7.91. The highest BCUT2D eigenvalue weighted by Crippen LogP contribution is 2.48. The van der Waals surface area contributed by atoms with Gasteiger partial charge in [-0.15, -0.1) is 0 Å². The molecule has 0 amide bonds. The van der Waals surface area contributed by atoms with Crippen LogP contribution in [-0.4, -0.2) is 43.2 Å². The molecule has 0 saturated heterocycles. The number of hydrogen-bond donors (Lipinski definition) is 1. The van der Waals surface area contributed by atoms with Crippen molar-refractivity contribution in [1.82, 2.24) is 5.06 Å². The molecule has 2 atom stereocenters. The van der Waals surface area contributed by atoms with Crippen LogP contribution in [0.3, 0.4) is 0 Å². The van der Waals surface area contributed by atoms with Crippen LogP contribution < -0.4 is 9.47 Å². The van der Waals surface area contributed by atoms with E-state index in [1.165, 1.54) is 5.06 Å². The van der Waals surface area contributed by atoms with Crippen LogP contribution in [0.5, 0.6) is 11.5 Å². The van der Waals surface area contributed by atoms with Gasteiger partial charge in [0.1, 0.15) is 0 Å². The van der Waals surface area contributed by atoms with Crippen LogP contribution in [0.1, 0.15) is 77.8 Å². The first-order chi connectivity index (χ1) is 15.3. The first-order valence-corrected chi connectivity index (χ1v) is 13.5. The smallest absolute Gasteiger partial charge is 0.180 e. The molecule has 0 bridgehead atoms. The van der Waals surface area contributed by atoms with Gasteiger partial charge in [0.15, 0.2) is 21.3 Å². The molecule has 2 unspecified atom stereocenters. The predicted molar refractivity (Wildman–Crippen MR) is 126 cm³/mol. The number of benzene rings is 1. The lowest BCUT2D eigenvalue weighted by molar-refractivity contribution is -0.193. The molecular formula is C25H37NO5S. The number of rotatable bonds is 9. The van der Waals surface area contributed by atoms with E-state index in [9.17, 15) is 13.6 Å². The molecule has 1 aliphatic carbocycles. The third kappa shape index (κ3) is 4.75.